The summed E-state index contributed by atoms with van der Waals surface area (Å²) < 4.78 is 0. The molecule has 0 saturated carbocycles. The van der Waals surface area contributed by atoms with E-state index in [4.69, 9.17) is 14.9 Å². The van der Waals surface area contributed by atoms with Gasteiger partial charge < -0.3 is 5.11 Å². The lowest BCUT2D eigenvalue weighted by molar-refractivity contribution is -0.393. The van der Waals surface area contributed by atoms with Crippen molar-refractivity contribution < 1.29 is 14.9 Å². The van der Waals surface area contributed by atoms with E-state index in [0.29, 0.717) is 0 Å². The highest BCUT2D eigenvalue weighted by Crippen LogP contribution is 2.14. The van der Waals surface area contributed by atoms with Crippen LogP contribution in [0.5, 0.6) is 0 Å². The summed E-state index contributed by atoms with van der Waals surface area (Å²) in [6.07, 6.45) is 1.43. The minimum Gasteiger partial charge on any atom is -0.392 e. The van der Waals surface area contributed by atoms with E-state index in [0.717, 1.165) is 0 Å². The van der Waals surface area contributed by atoms with E-state index >= 15 is 0 Å². The maximum Gasteiger partial charge on any atom is 0.0952 e. The van der Waals surface area contributed by atoms with Gasteiger partial charge in [0, 0.05) is 0 Å². The van der Waals surface area contributed by atoms with Gasteiger partial charge >= 0.3 is 0 Å². The Bertz CT molecular complexity index is 126. The average Bonchev–Trinajstić information content (AvgIpc) is 1.99. The minimum absolute atomic E-state index is 0.0833. The predicted molar refractivity (Wildman–Crippen MR) is 59.0 cm³/mol. The van der Waals surface area contributed by atoms with Gasteiger partial charge in [0.25, 0.3) is 0 Å². The highest BCUT2D eigenvalue weighted by atomic mass is 17.2. The van der Waals surface area contributed by atoms with Crippen molar-refractivity contribution in [3.63, 3.8) is 0 Å². The van der Waals surface area contributed by atoms with Gasteiger partial charge in [0.05, 0.1) is 17.8 Å². The third-order valence-corrected chi connectivity index (χ3v) is 0.671. The fourth-order valence-electron chi connectivity index (χ4n) is 0.250. The van der Waals surface area contributed by atoms with E-state index in [1.165, 1.54) is 6.08 Å². The minimum atomic E-state index is -0.215. The molecule has 0 aliphatic rings. The van der Waals surface area contributed by atoms with Crippen LogP contribution in [0, 0.1) is 0 Å². The number of aliphatic hydroxyl groups excluding tert-OH is 1. The molecule has 0 radical (unpaired) electrons. The van der Waals surface area contributed by atoms with Crippen molar-refractivity contribution in [2.24, 2.45) is 0 Å². The van der Waals surface area contributed by atoms with Crippen LogP contribution in [0.3, 0.4) is 0 Å². The third-order valence-electron chi connectivity index (χ3n) is 0.671. The molecule has 0 unspecified atom stereocenters. The van der Waals surface area contributed by atoms with Crippen molar-refractivity contribution in [3.05, 3.63) is 12.7 Å². The molecule has 14 heavy (non-hydrogen) atoms. The number of aliphatic hydroxyl groups is 1. The second-order valence-corrected chi connectivity index (χ2v) is 4.86. The molecular formula is C11H24O3. The molecule has 0 fully saturated rings. The van der Waals surface area contributed by atoms with Gasteiger partial charge in [-0.05, 0) is 41.5 Å². The van der Waals surface area contributed by atoms with Crippen LogP contribution in [-0.4, -0.2) is 22.9 Å². The first-order chi connectivity index (χ1) is 6.12. The molecule has 3 nitrogen and oxygen atoms in total. The quantitative estimate of drug-likeness (QED) is 0.427. The standard InChI is InChI=1S/C8H18O2.C3H6O/c1-7(2,3)9-10-8(4,5)6;1-2-3-4/h1-6H3;2,4H,1,3H2. The number of hydrogen-bond acceptors (Lipinski definition) is 3. The van der Waals surface area contributed by atoms with Gasteiger partial charge in [0.1, 0.15) is 0 Å². The summed E-state index contributed by atoms with van der Waals surface area (Å²) in [5.41, 5.74) is -0.430. The molecule has 0 aliphatic carbocycles. The highest BCUT2D eigenvalue weighted by molar-refractivity contribution is 4.60. The molecular weight excluding hydrogens is 180 g/mol. The van der Waals surface area contributed by atoms with Gasteiger partial charge in [-0.3, -0.25) is 0 Å². The molecule has 0 aromatic carbocycles. The van der Waals surface area contributed by atoms with Crippen LogP contribution in [0.4, 0.5) is 0 Å². The first-order valence-electron chi connectivity index (χ1n) is 4.71. The molecule has 0 aromatic heterocycles. The monoisotopic (exact) mass is 204 g/mol. The lowest BCUT2D eigenvalue weighted by atomic mass is 10.2. The Morgan fingerprint density at radius 2 is 1.21 bits per heavy atom. The van der Waals surface area contributed by atoms with E-state index in [-0.39, 0.29) is 17.8 Å². The Balaban J connectivity index is 0. The molecule has 1 N–H and O–H groups in total. The van der Waals surface area contributed by atoms with Crippen LogP contribution in [0.15, 0.2) is 12.7 Å². The van der Waals surface area contributed by atoms with Crippen molar-refractivity contribution in [2.75, 3.05) is 6.61 Å². The summed E-state index contributed by atoms with van der Waals surface area (Å²) in [6, 6.07) is 0. The molecule has 0 rings (SSSR count). The summed E-state index contributed by atoms with van der Waals surface area (Å²) >= 11 is 0. The Kier molecular flexibility index (Phi) is 8.01. The Morgan fingerprint density at radius 1 is 1.00 bits per heavy atom. The van der Waals surface area contributed by atoms with Gasteiger partial charge in [-0.15, -0.1) is 6.58 Å². The maximum atomic E-state index is 7.76. The topological polar surface area (TPSA) is 38.7 Å². The van der Waals surface area contributed by atoms with Crippen LogP contribution in [0.1, 0.15) is 41.5 Å². The smallest absolute Gasteiger partial charge is 0.0952 e. The Labute approximate surface area is 87.7 Å². The summed E-state index contributed by atoms with van der Waals surface area (Å²) in [4.78, 5) is 10.2. The molecule has 0 spiro atoms. The second-order valence-electron chi connectivity index (χ2n) is 4.86. The van der Waals surface area contributed by atoms with Gasteiger partial charge in [-0.2, -0.15) is 0 Å². The highest BCUT2D eigenvalue weighted by Gasteiger charge is 2.18. The molecule has 0 bridgehead atoms. The molecule has 0 saturated heterocycles. The second kappa shape index (κ2) is 6.98. The fraction of sp³-hybridized carbons (Fsp3) is 0.818. The lowest BCUT2D eigenvalue weighted by Crippen LogP contribution is -2.27. The van der Waals surface area contributed by atoms with Crippen molar-refractivity contribution in [1.82, 2.24) is 0 Å². The summed E-state index contributed by atoms with van der Waals surface area (Å²) in [5.74, 6) is 0. The lowest BCUT2D eigenvalue weighted by Gasteiger charge is -2.24. The maximum absolute atomic E-state index is 7.76. The van der Waals surface area contributed by atoms with Gasteiger partial charge in [-0.25, -0.2) is 9.78 Å². The Hall–Kier alpha value is -0.380. The van der Waals surface area contributed by atoms with Crippen molar-refractivity contribution in [2.45, 2.75) is 52.7 Å². The van der Waals surface area contributed by atoms with Gasteiger partial charge in [-0.1, -0.05) is 6.08 Å². The zero-order valence-electron chi connectivity index (χ0n) is 10.3. The van der Waals surface area contributed by atoms with Gasteiger partial charge in [0.15, 0.2) is 0 Å². The van der Waals surface area contributed by atoms with E-state index in [9.17, 15) is 0 Å². The molecule has 0 heterocycles. The van der Waals surface area contributed by atoms with E-state index in [1.54, 1.807) is 0 Å². The van der Waals surface area contributed by atoms with Crippen molar-refractivity contribution in [3.8, 4) is 0 Å². The third kappa shape index (κ3) is 22.6. The first kappa shape index (κ1) is 16.1. The largest absolute Gasteiger partial charge is 0.392 e. The predicted octanol–water partition coefficient (Wildman–Crippen LogP) is 2.70. The van der Waals surface area contributed by atoms with Crippen LogP contribution in [0.25, 0.3) is 0 Å². The molecule has 0 atom stereocenters. The molecule has 3 heteroatoms. The molecule has 86 valence electrons. The molecule has 0 amide bonds. The normalized spacial score (nSPS) is 11.6. The van der Waals surface area contributed by atoms with Crippen LogP contribution in [-0.2, 0) is 9.78 Å². The average molecular weight is 204 g/mol. The van der Waals surface area contributed by atoms with Crippen LogP contribution < -0.4 is 0 Å². The van der Waals surface area contributed by atoms with E-state index < -0.39 is 0 Å². The van der Waals surface area contributed by atoms with Gasteiger partial charge in [0.2, 0.25) is 0 Å². The zero-order chi connectivity index (χ0) is 11.8. The summed E-state index contributed by atoms with van der Waals surface area (Å²) in [5, 5.41) is 7.76. The number of rotatable bonds is 2. The van der Waals surface area contributed by atoms with Crippen molar-refractivity contribution in [1.29, 1.82) is 0 Å². The van der Waals surface area contributed by atoms with E-state index in [2.05, 4.69) is 6.58 Å². The molecule has 0 aliphatic heterocycles. The summed E-state index contributed by atoms with van der Waals surface area (Å²) in [7, 11) is 0. The first-order valence-corrected chi connectivity index (χ1v) is 4.71. The SMILES string of the molecule is C=CCO.CC(C)(C)OOC(C)(C)C. The fourth-order valence-corrected chi connectivity index (χ4v) is 0.250. The number of hydrogen-bond donors (Lipinski definition) is 1. The van der Waals surface area contributed by atoms with Crippen molar-refractivity contribution >= 4 is 0 Å². The van der Waals surface area contributed by atoms with Crippen LogP contribution >= 0.6 is 0 Å². The van der Waals surface area contributed by atoms with E-state index in [1.807, 2.05) is 41.5 Å². The molecule has 0 aromatic rings. The van der Waals surface area contributed by atoms with Crippen LogP contribution in [0.2, 0.25) is 0 Å². The zero-order valence-corrected chi connectivity index (χ0v) is 10.3. The summed E-state index contributed by atoms with van der Waals surface area (Å²) in [6.45, 7) is 15.1. The Morgan fingerprint density at radius 3 is 1.29 bits per heavy atom.